The van der Waals surface area contributed by atoms with Crippen molar-refractivity contribution in [2.45, 2.75) is 18.6 Å². The maximum atomic E-state index is 13.3. The van der Waals surface area contributed by atoms with Crippen molar-refractivity contribution in [1.29, 1.82) is 0 Å². The van der Waals surface area contributed by atoms with Gasteiger partial charge in [-0.25, -0.2) is 0 Å². The van der Waals surface area contributed by atoms with E-state index >= 15 is 0 Å². The van der Waals surface area contributed by atoms with Crippen LogP contribution >= 0.6 is 23.2 Å². The van der Waals surface area contributed by atoms with Crippen molar-refractivity contribution in [1.82, 2.24) is 9.80 Å². The lowest BCUT2D eigenvalue weighted by Crippen LogP contribution is -2.65. The average molecular weight is 421 g/mol. The number of amides is 1. The van der Waals surface area contributed by atoms with Crippen LogP contribution in [0.4, 0.5) is 0 Å². The zero-order valence-corrected chi connectivity index (χ0v) is 17.1. The summed E-state index contributed by atoms with van der Waals surface area (Å²) >= 11 is 12.5. The van der Waals surface area contributed by atoms with Crippen molar-refractivity contribution >= 4 is 29.1 Å². The summed E-state index contributed by atoms with van der Waals surface area (Å²) in [4.78, 5) is 17.6. The van der Waals surface area contributed by atoms with Gasteiger partial charge in [0, 0.05) is 25.2 Å². The minimum absolute atomic E-state index is 0.00312. The molecule has 2 atom stereocenters. The molecule has 148 valence electrons. The molecule has 28 heavy (non-hydrogen) atoms. The summed E-state index contributed by atoms with van der Waals surface area (Å²) < 4.78 is 10.9. The lowest BCUT2D eigenvalue weighted by Gasteiger charge is -2.49. The van der Waals surface area contributed by atoms with Gasteiger partial charge in [-0.3, -0.25) is 9.69 Å². The molecule has 2 aromatic rings. The van der Waals surface area contributed by atoms with E-state index in [0.717, 1.165) is 19.6 Å². The molecule has 0 aromatic heterocycles. The Morgan fingerprint density at radius 3 is 2.29 bits per heavy atom. The molecule has 2 fully saturated rings. The summed E-state index contributed by atoms with van der Waals surface area (Å²) in [5.41, 5.74) is 1.75. The summed E-state index contributed by atoms with van der Waals surface area (Å²) in [6.45, 7) is 3.48. The molecule has 2 heterocycles. The van der Waals surface area contributed by atoms with Crippen LogP contribution in [0.15, 0.2) is 42.5 Å². The van der Waals surface area contributed by atoms with E-state index in [4.69, 9.17) is 32.7 Å². The summed E-state index contributed by atoms with van der Waals surface area (Å²) in [6, 6.07) is 13.6. The molecule has 0 N–H and O–H groups in total. The molecule has 2 bridgehead atoms. The normalized spacial score (nSPS) is 22.2. The molecule has 2 aliphatic rings. The first kappa shape index (κ1) is 19.5. The number of hydrogen-bond acceptors (Lipinski definition) is 4. The van der Waals surface area contributed by atoms with Crippen molar-refractivity contribution < 1.29 is 14.3 Å². The highest BCUT2D eigenvalue weighted by Crippen LogP contribution is 2.35. The van der Waals surface area contributed by atoms with Crippen LogP contribution in [0.5, 0.6) is 5.75 Å². The Balaban J connectivity index is 1.53. The van der Waals surface area contributed by atoms with Crippen LogP contribution < -0.4 is 4.74 Å². The van der Waals surface area contributed by atoms with Crippen molar-refractivity contribution in [3.8, 4) is 5.75 Å². The second kappa shape index (κ2) is 8.29. The topological polar surface area (TPSA) is 42.0 Å². The van der Waals surface area contributed by atoms with Gasteiger partial charge in [0.15, 0.2) is 5.75 Å². The summed E-state index contributed by atoms with van der Waals surface area (Å²) in [5.74, 6) is 0.320. The molecule has 0 radical (unpaired) electrons. The van der Waals surface area contributed by atoms with E-state index in [-0.39, 0.29) is 18.0 Å². The Kier molecular flexibility index (Phi) is 5.78. The third kappa shape index (κ3) is 3.85. The number of nitrogens with zero attached hydrogens (tertiary/aromatic N) is 2. The molecule has 2 aliphatic heterocycles. The largest absolute Gasteiger partial charge is 0.494 e. The molecule has 0 unspecified atom stereocenters. The summed E-state index contributed by atoms with van der Waals surface area (Å²) in [5, 5.41) is 0.671. The number of ether oxygens (including phenoxy) is 2. The minimum atomic E-state index is -0.0656. The number of benzene rings is 2. The van der Waals surface area contributed by atoms with E-state index in [2.05, 4.69) is 29.2 Å². The van der Waals surface area contributed by atoms with Crippen LogP contribution in [0.2, 0.25) is 10.0 Å². The fraction of sp³-hybridized carbons (Fsp3) is 0.381. The van der Waals surface area contributed by atoms with Crippen molar-refractivity contribution in [2.24, 2.45) is 0 Å². The van der Waals surface area contributed by atoms with Crippen LogP contribution in [0.25, 0.3) is 0 Å². The molecule has 2 saturated heterocycles. The molecule has 7 heteroatoms. The number of piperazine rings is 1. The first-order chi connectivity index (χ1) is 13.6. The van der Waals surface area contributed by atoms with E-state index in [9.17, 15) is 4.79 Å². The standard InChI is InChI=1S/C21H22Cl2N2O3/c1-27-20-18(22)7-15(8-19(20)23)21(26)25-16-10-24(11-17(25)13-28-12-16)9-14-5-3-2-4-6-14/h2-8,16-17H,9-13H2,1H3/t16-,17+. The van der Waals surface area contributed by atoms with Gasteiger partial charge in [-0.1, -0.05) is 53.5 Å². The Labute approximate surface area is 174 Å². The zero-order chi connectivity index (χ0) is 19.7. The molecule has 0 saturated carbocycles. The summed E-state index contributed by atoms with van der Waals surface area (Å²) in [7, 11) is 1.50. The molecule has 5 nitrogen and oxygen atoms in total. The van der Waals surface area contributed by atoms with Crippen molar-refractivity contribution in [3.05, 3.63) is 63.6 Å². The number of halogens is 2. The number of fused-ring (bicyclic) bond motifs is 2. The van der Waals surface area contributed by atoms with Gasteiger partial charge in [-0.05, 0) is 17.7 Å². The Bertz CT molecular complexity index is 825. The fourth-order valence-corrected chi connectivity index (χ4v) is 4.72. The molecule has 2 aromatic carbocycles. The SMILES string of the molecule is COc1c(Cl)cc(C(=O)N2[C@@H]3COC[C@H]2CN(Cc2ccccc2)C3)cc1Cl. The van der Waals surface area contributed by atoms with E-state index in [1.54, 1.807) is 12.1 Å². The highest BCUT2D eigenvalue weighted by Gasteiger charge is 2.41. The maximum Gasteiger partial charge on any atom is 0.254 e. The minimum Gasteiger partial charge on any atom is -0.494 e. The Hall–Kier alpha value is -1.79. The number of rotatable bonds is 4. The number of carbonyl (C=O) groups excluding carboxylic acids is 1. The van der Waals surface area contributed by atoms with Gasteiger partial charge in [0.25, 0.3) is 5.91 Å². The molecular formula is C21H22Cl2N2O3. The van der Waals surface area contributed by atoms with Gasteiger partial charge >= 0.3 is 0 Å². The van der Waals surface area contributed by atoms with Gasteiger partial charge in [-0.2, -0.15) is 0 Å². The lowest BCUT2D eigenvalue weighted by molar-refractivity contribution is -0.0814. The average Bonchev–Trinajstić information content (AvgIpc) is 2.67. The monoisotopic (exact) mass is 420 g/mol. The second-order valence-corrected chi connectivity index (χ2v) is 8.02. The highest BCUT2D eigenvalue weighted by atomic mass is 35.5. The number of methoxy groups -OCH3 is 1. The van der Waals surface area contributed by atoms with Crippen LogP contribution in [0.1, 0.15) is 15.9 Å². The lowest BCUT2D eigenvalue weighted by atomic mass is 10.0. The second-order valence-electron chi connectivity index (χ2n) is 7.21. The zero-order valence-electron chi connectivity index (χ0n) is 15.6. The van der Waals surface area contributed by atoms with Crippen LogP contribution in [0, 0.1) is 0 Å². The molecule has 0 aliphatic carbocycles. The number of hydrogen-bond donors (Lipinski definition) is 0. The smallest absolute Gasteiger partial charge is 0.254 e. The quantitative estimate of drug-likeness (QED) is 0.755. The van der Waals surface area contributed by atoms with E-state index in [1.807, 2.05) is 11.0 Å². The Morgan fingerprint density at radius 2 is 1.71 bits per heavy atom. The third-order valence-corrected chi connectivity index (χ3v) is 5.84. The van der Waals surface area contributed by atoms with Gasteiger partial charge in [0.1, 0.15) is 0 Å². The molecular weight excluding hydrogens is 399 g/mol. The van der Waals surface area contributed by atoms with E-state index in [1.165, 1.54) is 12.7 Å². The fourth-order valence-electron chi connectivity index (χ4n) is 4.08. The number of carbonyl (C=O) groups is 1. The predicted molar refractivity (Wildman–Crippen MR) is 109 cm³/mol. The molecule has 1 amide bonds. The highest BCUT2D eigenvalue weighted by molar-refractivity contribution is 6.37. The Morgan fingerprint density at radius 1 is 1.11 bits per heavy atom. The van der Waals surface area contributed by atoms with Crippen LogP contribution in [-0.2, 0) is 11.3 Å². The third-order valence-electron chi connectivity index (χ3n) is 5.28. The van der Waals surface area contributed by atoms with E-state index < -0.39 is 0 Å². The van der Waals surface area contributed by atoms with Crippen LogP contribution in [0.3, 0.4) is 0 Å². The maximum absolute atomic E-state index is 13.3. The first-order valence-electron chi connectivity index (χ1n) is 9.26. The van der Waals surface area contributed by atoms with Crippen LogP contribution in [-0.4, -0.2) is 61.2 Å². The first-order valence-corrected chi connectivity index (χ1v) is 10.0. The number of morpholine rings is 1. The van der Waals surface area contributed by atoms with Crippen molar-refractivity contribution in [3.63, 3.8) is 0 Å². The summed E-state index contributed by atoms with van der Waals surface area (Å²) in [6.07, 6.45) is 0. The molecule has 0 spiro atoms. The molecule has 4 rings (SSSR count). The van der Waals surface area contributed by atoms with Gasteiger partial charge in [0.05, 0.1) is 42.5 Å². The van der Waals surface area contributed by atoms with Gasteiger partial charge in [0.2, 0.25) is 0 Å². The van der Waals surface area contributed by atoms with Crippen molar-refractivity contribution in [2.75, 3.05) is 33.4 Å². The van der Waals surface area contributed by atoms with Gasteiger partial charge < -0.3 is 14.4 Å². The predicted octanol–water partition coefficient (Wildman–Crippen LogP) is 3.73. The van der Waals surface area contributed by atoms with Gasteiger partial charge in [-0.15, -0.1) is 0 Å². The van der Waals surface area contributed by atoms with E-state index in [0.29, 0.717) is 34.6 Å².